The molecule has 10 heteroatoms. The highest BCUT2D eigenvalue weighted by Gasteiger charge is 2.19. The van der Waals surface area contributed by atoms with E-state index in [2.05, 4.69) is 38.2 Å². The maximum absolute atomic E-state index is 9.67. The van der Waals surface area contributed by atoms with E-state index in [9.17, 15) is 5.26 Å². The van der Waals surface area contributed by atoms with Crippen molar-refractivity contribution >= 4 is 28.6 Å². The normalized spacial score (nSPS) is 14.1. The Hall–Kier alpha value is -4.42. The quantitative estimate of drug-likeness (QED) is 0.354. The summed E-state index contributed by atoms with van der Waals surface area (Å²) in [5.41, 5.74) is 5.42. The van der Waals surface area contributed by atoms with Crippen LogP contribution in [0.1, 0.15) is 12.0 Å². The fourth-order valence-corrected chi connectivity index (χ4v) is 4.89. The SMILES string of the molecule is Cn1cc(-c2cn3ncc(C#N)c3c(-c3ccc(N4CCCN(c5ccc(Cl)cc5)CC4)nc3)n2)cn1. The van der Waals surface area contributed by atoms with Gasteiger partial charge >= 0.3 is 0 Å². The Morgan fingerprint density at radius 2 is 1.68 bits per heavy atom. The highest BCUT2D eigenvalue weighted by atomic mass is 35.5. The van der Waals surface area contributed by atoms with E-state index in [0.717, 1.165) is 60.3 Å². The molecule has 0 bridgehead atoms. The van der Waals surface area contributed by atoms with E-state index in [1.165, 1.54) is 5.69 Å². The lowest BCUT2D eigenvalue weighted by Crippen LogP contribution is -2.31. The molecule has 5 aromatic rings. The van der Waals surface area contributed by atoms with Crippen LogP contribution in [0.4, 0.5) is 11.5 Å². The average Bonchev–Trinajstić information content (AvgIpc) is 3.47. The van der Waals surface area contributed by atoms with Crippen LogP contribution in [0, 0.1) is 11.3 Å². The molecule has 1 aliphatic heterocycles. The first-order chi connectivity index (χ1) is 18.1. The van der Waals surface area contributed by atoms with Gasteiger partial charge in [0.1, 0.15) is 23.0 Å². The molecule has 5 heterocycles. The van der Waals surface area contributed by atoms with Gasteiger partial charge < -0.3 is 9.80 Å². The number of nitriles is 1. The molecule has 1 saturated heterocycles. The highest BCUT2D eigenvalue weighted by Crippen LogP contribution is 2.29. The Labute approximate surface area is 219 Å². The van der Waals surface area contributed by atoms with Crippen LogP contribution in [0.5, 0.6) is 0 Å². The van der Waals surface area contributed by atoms with Crippen LogP contribution in [-0.2, 0) is 7.05 Å². The minimum atomic E-state index is 0.471. The number of pyridine rings is 1. The summed E-state index contributed by atoms with van der Waals surface area (Å²) in [6, 6.07) is 14.3. The summed E-state index contributed by atoms with van der Waals surface area (Å²) in [4.78, 5) is 14.4. The summed E-state index contributed by atoms with van der Waals surface area (Å²) in [7, 11) is 1.87. The molecule has 37 heavy (non-hydrogen) atoms. The third-order valence-corrected chi connectivity index (χ3v) is 6.90. The summed E-state index contributed by atoms with van der Waals surface area (Å²) in [5.74, 6) is 0.926. The molecule has 1 fully saturated rings. The van der Waals surface area contributed by atoms with Crippen molar-refractivity contribution in [3.63, 3.8) is 0 Å². The molecular weight excluding hydrogens is 486 g/mol. The fraction of sp³-hybridized carbons (Fsp3) is 0.222. The summed E-state index contributed by atoms with van der Waals surface area (Å²) < 4.78 is 3.44. The zero-order valence-electron chi connectivity index (χ0n) is 20.3. The Morgan fingerprint density at radius 1 is 0.865 bits per heavy atom. The standard InChI is InChI=1S/C27H24ClN9/c1-34-17-21(16-31-34)24-18-37-27(20(13-29)15-32-37)26(33-24)19-3-8-25(30-14-19)36-10-2-9-35(11-12-36)23-6-4-22(28)5-7-23/h3-8,14-18H,2,9-12H2,1H3. The number of nitrogens with zero attached hydrogens (tertiary/aromatic N) is 9. The van der Waals surface area contributed by atoms with Crippen molar-refractivity contribution in [1.82, 2.24) is 29.4 Å². The average molecular weight is 510 g/mol. The van der Waals surface area contributed by atoms with Crippen LogP contribution >= 0.6 is 11.6 Å². The van der Waals surface area contributed by atoms with Crippen LogP contribution in [0.25, 0.3) is 28.0 Å². The van der Waals surface area contributed by atoms with Crippen LogP contribution in [0.2, 0.25) is 5.02 Å². The second-order valence-corrected chi connectivity index (χ2v) is 9.49. The van der Waals surface area contributed by atoms with E-state index in [4.69, 9.17) is 21.6 Å². The first kappa shape index (κ1) is 23.0. The van der Waals surface area contributed by atoms with Crippen LogP contribution < -0.4 is 9.80 Å². The Morgan fingerprint density at radius 3 is 2.41 bits per heavy atom. The molecule has 0 N–H and O–H groups in total. The van der Waals surface area contributed by atoms with Crippen molar-refractivity contribution in [2.75, 3.05) is 36.0 Å². The van der Waals surface area contributed by atoms with E-state index in [0.29, 0.717) is 16.8 Å². The minimum absolute atomic E-state index is 0.471. The molecule has 1 aromatic carbocycles. The number of hydrogen-bond donors (Lipinski definition) is 0. The lowest BCUT2D eigenvalue weighted by atomic mass is 10.1. The van der Waals surface area contributed by atoms with Crippen molar-refractivity contribution in [2.45, 2.75) is 6.42 Å². The first-order valence-electron chi connectivity index (χ1n) is 12.1. The summed E-state index contributed by atoms with van der Waals surface area (Å²) in [5, 5.41) is 19.1. The zero-order chi connectivity index (χ0) is 25.4. The third kappa shape index (κ3) is 4.47. The number of rotatable bonds is 4. The smallest absolute Gasteiger partial charge is 0.128 e. The Kier molecular flexibility index (Phi) is 5.94. The number of hydrogen-bond acceptors (Lipinski definition) is 7. The summed E-state index contributed by atoms with van der Waals surface area (Å²) >= 11 is 6.06. The van der Waals surface area contributed by atoms with Crippen LogP contribution in [0.15, 0.2) is 67.4 Å². The van der Waals surface area contributed by atoms with Crippen molar-refractivity contribution in [3.05, 3.63) is 78.0 Å². The molecule has 0 radical (unpaired) electrons. The fourth-order valence-electron chi connectivity index (χ4n) is 4.76. The van der Waals surface area contributed by atoms with Gasteiger partial charge in [-0.1, -0.05) is 11.6 Å². The molecule has 6 rings (SSSR count). The van der Waals surface area contributed by atoms with Gasteiger partial charge in [0.25, 0.3) is 0 Å². The van der Waals surface area contributed by atoms with Gasteiger partial charge in [-0.05, 0) is 42.8 Å². The van der Waals surface area contributed by atoms with Crippen molar-refractivity contribution in [1.29, 1.82) is 5.26 Å². The number of aromatic nitrogens is 6. The number of benzene rings is 1. The molecular formula is C27H24ClN9. The van der Waals surface area contributed by atoms with Gasteiger partial charge in [0.2, 0.25) is 0 Å². The predicted octanol–water partition coefficient (Wildman–Crippen LogP) is 4.43. The number of anilines is 2. The Bertz CT molecular complexity index is 1600. The maximum atomic E-state index is 9.67. The number of fused-ring (bicyclic) bond motifs is 1. The molecule has 0 atom stereocenters. The Balaban J connectivity index is 1.29. The summed E-state index contributed by atoms with van der Waals surface area (Å²) in [6.45, 7) is 3.69. The molecule has 9 nitrogen and oxygen atoms in total. The molecule has 184 valence electrons. The second-order valence-electron chi connectivity index (χ2n) is 9.05. The third-order valence-electron chi connectivity index (χ3n) is 6.65. The molecule has 0 saturated carbocycles. The van der Waals surface area contributed by atoms with E-state index in [1.807, 2.05) is 49.9 Å². The van der Waals surface area contributed by atoms with Crippen LogP contribution in [-0.4, -0.2) is 55.5 Å². The van der Waals surface area contributed by atoms with Gasteiger partial charge in [0.05, 0.1) is 30.0 Å². The van der Waals surface area contributed by atoms with E-state index < -0.39 is 0 Å². The maximum Gasteiger partial charge on any atom is 0.128 e. The predicted molar refractivity (Wildman–Crippen MR) is 144 cm³/mol. The topological polar surface area (TPSA) is 91.2 Å². The summed E-state index contributed by atoms with van der Waals surface area (Å²) in [6.07, 6.45) is 9.92. The zero-order valence-corrected chi connectivity index (χ0v) is 21.0. The molecule has 4 aromatic heterocycles. The number of aryl methyl sites for hydroxylation is 1. The van der Waals surface area contributed by atoms with Crippen molar-refractivity contribution < 1.29 is 0 Å². The highest BCUT2D eigenvalue weighted by molar-refractivity contribution is 6.30. The second kappa shape index (κ2) is 9.56. The molecule has 0 amide bonds. The van der Waals surface area contributed by atoms with E-state index in [1.54, 1.807) is 21.6 Å². The monoisotopic (exact) mass is 509 g/mol. The minimum Gasteiger partial charge on any atom is -0.370 e. The van der Waals surface area contributed by atoms with Gasteiger partial charge in [-0.3, -0.25) is 4.68 Å². The van der Waals surface area contributed by atoms with Crippen molar-refractivity contribution in [3.8, 4) is 28.6 Å². The van der Waals surface area contributed by atoms with Gasteiger partial charge in [0, 0.05) is 67.5 Å². The van der Waals surface area contributed by atoms with Gasteiger partial charge in [0.15, 0.2) is 0 Å². The van der Waals surface area contributed by atoms with Crippen molar-refractivity contribution in [2.24, 2.45) is 7.05 Å². The van der Waals surface area contributed by atoms with E-state index in [-0.39, 0.29) is 0 Å². The lowest BCUT2D eigenvalue weighted by Gasteiger charge is -2.24. The molecule has 0 aliphatic carbocycles. The van der Waals surface area contributed by atoms with E-state index >= 15 is 0 Å². The van der Waals surface area contributed by atoms with Gasteiger partial charge in [-0.25, -0.2) is 14.5 Å². The molecule has 0 unspecified atom stereocenters. The largest absolute Gasteiger partial charge is 0.370 e. The van der Waals surface area contributed by atoms with Gasteiger partial charge in [-0.15, -0.1) is 0 Å². The van der Waals surface area contributed by atoms with Crippen LogP contribution in [0.3, 0.4) is 0 Å². The van der Waals surface area contributed by atoms with Gasteiger partial charge in [-0.2, -0.15) is 15.5 Å². The molecule has 0 spiro atoms. The number of halogens is 1. The first-order valence-corrected chi connectivity index (χ1v) is 12.5. The molecule has 1 aliphatic rings. The lowest BCUT2D eigenvalue weighted by molar-refractivity contribution is 0.768.